The van der Waals surface area contributed by atoms with Crippen molar-refractivity contribution in [3.63, 3.8) is 0 Å². The summed E-state index contributed by atoms with van der Waals surface area (Å²) in [5, 5.41) is 11.7. The zero-order valence-electron chi connectivity index (χ0n) is 8.08. The lowest BCUT2D eigenvalue weighted by Crippen LogP contribution is -2.04. The Balaban J connectivity index is 2.30. The molecule has 0 aliphatic carbocycles. The Hall–Kier alpha value is -1.30. The summed E-state index contributed by atoms with van der Waals surface area (Å²) in [7, 11) is 0. The lowest BCUT2D eigenvalue weighted by molar-refractivity contribution is 0.525. The fourth-order valence-corrected chi connectivity index (χ4v) is 1.75. The highest BCUT2D eigenvalue weighted by molar-refractivity contribution is 7.09. The quantitative estimate of drug-likeness (QED) is 0.767. The van der Waals surface area contributed by atoms with Gasteiger partial charge in [0, 0.05) is 6.54 Å². The minimum atomic E-state index is 0.575. The second-order valence-corrected chi connectivity index (χ2v) is 4.27. The molecule has 0 aliphatic rings. The van der Waals surface area contributed by atoms with Crippen molar-refractivity contribution in [2.45, 2.75) is 20.4 Å². The molecule has 6 heteroatoms. The number of rotatable bonds is 3. The van der Waals surface area contributed by atoms with E-state index in [-0.39, 0.29) is 0 Å². The van der Waals surface area contributed by atoms with Gasteiger partial charge in [0.2, 0.25) is 0 Å². The van der Waals surface area contributed by atoms with Crippen molar-refractivity contribution in [3.05, 3.63) is 12.5 Å². The number of hydrogen-bond acceptors (Lipinski definition) is 5. The predicted octanol–water partition coefficient (Wildman–Crippen LogP) is 1.45. The van der Waals surface area contributed by atoms with Gasteiger partial charge in [-0.1, -0.05) is 18.3 Å². The number of nitrogens with zero attached hydrogens (tertiary/aromatic N) is 5. The third-order valence-corrected chi connectivity index (χ3v) is 2.42. The van der Waals surface area contributed by atoms with E-state index in [1.807, 2.05) is 4.57 Å². The lowest BCUT2D eigenvalue weighted by Gasteiger charge is -2.06. The van der Waals surface area contributed by atoms with E-state index in [9.17, 15) is 0 Å². The average Bonchev–Trinajstić information content (AvgIpc) is 2.70. The highest BCUT2D eigenvalue weighted by atomic mass is 32.1. The topological polar surface area (TPSA) is 56.5 Å². The van der Waals surface area contributed by atoms with E-state index in [0.717, 1.165) is 17.2 Å². The maximum atomic E-state index is 4.06. The van der Waals surface area contributed by atoms with Gasteiger partial charge in [0.25, 0.3) is 0 Å². The molecule has 0 amide bonds. The molecule has 2 heterocycles. The molecular weight excluding hydrogens is 198 g/mol. The summed E-state index contributed by atoms with van der Waals surface area (Å²) in [6, 6.07) is 0. The molecule has 5 nitrogen and oxygen atoms in total. The first-order chi connectivity index (χ1) is 6.77. The van der Waals surface area contributed by atoms with Crippen molar-refractivity contribution in [2.24, 2.45) is 5.92 Å². The van der Waals surface area contributed by atoms with Gasteiger partial charge in [-0.05, 0) is 17.5 Å². The zero-order valence-corrected chi connectivity index (χ0v) is 8.90. The van der Waals surface area contributed by atoms with Gasteiger partial charge in [0.1, 0.15) is 11.2 Å². The second-order valence-electron chi connectivity index (χ2n) is 3.48. The van der Waals surface area contributed by atoms with E-state index in [1.54, 1.807) is 12.5 Å². The molecule has 2 rings (SSSR count). The highest BCUT2D eigenvalue weighted by Crippen LogP contribution is 2.19. The molecule has 14 heavy (non-hydrogen) atoms. The van der Waals surface area contributed by atoms with Crippen LogP contribution in [0.3, 0.4) is 0 Å². The van der Waals surface area contributed by atoms with E-state index in [1.165, 1.54) is 11.5 Å². The molecule has 0 aliphatic heterocycles. The molecule has 74 valence electrons. The van der Waals surface area contributed by atoms with E-state index in [0.29, 0.717) is 5.92 Å². The molecule has 2 aromatic heterocycles. The van der Waals surface area contributed by atoms with E-state index in [4.69, 9.17) is 0 Å². The predicted molar refractivity (Wildman–Crippen MR) is 53.8 cm³/mol. The highest BCUT2D eigenvalue weighted by Gasteiger charge is 2.10. The molecule has 0 unspecified atom stereocenters. The van der Waals surface area contributed by atoms with Crippen LogP contribution in [0.5, 0.6) is 0 Å². The average molecular weight is 209 g/mol. The van der Waals surface area contributed by atoms with Gasteiger partial charge in [-0.3, -0.25) is 0 Å². The maximum absolute atomic E-state index is 4.06. The van der Waals surface area contributed by atoms with Crippen LogP contribution >= 0.6 is 11.5 Å². The summed E-state index contributed by atoms with van der Waals surface area (Å²) < 4.78 is 5.84. The molecule has 0 saturated heterocycles. The fraction of sp³-hybridized carbons (Fsp3) is 0.500. The molecule has 2 aromatic rings. The Bertz CT molecular complexity index is 392. The van der Waals surface area contributed by atoms with Crippen LogP contribution in [0.2, 0.25) is 0 Å². The fourth-order valence-electron chi connectivity index (χ4n) is 1.24. The Labute approximate surface area is 86.0 Å². The molecule has 0 saturated carbocycles. The lowest BCUT2D eigenvalue weighted by atomic mass is 10.2. The molecule has 0 N–H and O–H groups in total. The van der Waals surface area contributed by atoms with Crippen molar-refractivity contribution < 1.29 is 0 Å². The Morgan fingerprint density at radius 2 is 2.29 bits per heavy atom. The van der Waals surface area contributed by atoms with Crippen LogP contribution in [0.4, 0.5) is 0 Å². The summed E-state index contributed by atoms with van der Waals surface area (Å²) in [6.07, 6.45) is 3.46. The van der Waals surface area contributed by atoms with Crippen LogP contribution in [0.1, 0.15) is 13.8 Å². The summed E-state index contributed by atoms with van der Waals surface area (Å²) in [6.45, 7) is 5.24. The van der Waals surface area contributed by atoms with Crippen LogP contribution in [0.15, 0.2) is 12.5 Å². The van der Waals surface area contributed by atoms with Crippen molar-refractivity contribution in [1.29, 1.82) is 0 Å². The van der Waals surface area contributed by atoms with Crippen molar-refractivity contribution in [3.8, 4) is 10.7 Å². The minimum absolute atomic E-state index is 0.575. The molecule has 0 fully saturated rings. The molecule has 0 radical (unpaired) electrons. The van der Waals surface area contributed by atoms with Gasteiger partial charge in [-0.2, -0.15) is 0 Å². The maximum Gasteiger partial charge on any atom is 0.177 e. The third kappa shape index (κ3) is 1.79. The number of hydrogen-bond donors (Lipinski definition) is 0. The Morgan fingerprint density at radius 1 is 1.43 bits per heavy atom. The molecule has 0 atom stereocenters. The van der Waals surface area contributed by atoms with Gasteiger partial charge in [0.05, 0.1) is 6.20 Å². The minimum Gasteiger partial charge on any atom is -0.313 e. The molecular formula is C8H11N5S. The standard InChI is InChI=1S/C8H11N5S/c1-6(2)4-13-5-10-11-8(13)7-3-9-12-14-7/h3,5-6H,4H2,1-2H3. The van der Waals surface area contributed by atoms with Crippen LogP contribution in [0, 0.1) is 5.92 Å². The first-order valence-corrected chi connectivity index (χ1v) is 5.20. The van der Waals surface area contributed by atoms with Crippen LogP contribution in [0.25, 0.3) is 10.7 Å². The summed E-state index contributed by atoms with van der Waals surface area (Å²) in [5.41, 5.74) is 0. The van der Waals surface area contributed by atoms with E-state index in [2.05, 4.69) is 33.6 Å². The largest absolute Gasteiger partial charge is 0.313 e. The van der Waals surface area contributed by atoms with Crippen LogP contribution in [-0.2, 0) is 6.54 Å². The van der Waals surface area contributed by atoms with Gasteiger partial charge in [-0.25, -0.2) is 0 Å². The van der Waals surface area contributed by atoms with Gasteiger partial charge in [-0.15, -0.1) is 15.3 Å². The second kappa shape index (κ2) is 3.83. The van der Waals surface area contributed by atoms with E-state index < -0.39 is 0 Å². The summed E-state index contributed by atoms with van der Waals surface area (Å²) in [5.74, 6) is 1.43. The van der Waals surface area contributed by atoms with Crippen molar-refractivity contribution in [1.82, 2.24) is 24.4 Å². The third-order valence-electron chi connectivity index (χ3n) is 1.76. The Kier molecular flexibility index (Phi) is 2.53. The van der Waals surface area contributed by atoms with Gasteiger partial charge in [0.15, 0.2) is 5.82 Å². The monoisotopic (exact) mass is 209 g/mol. The normalized spacial score (nSPS) is 11.1. The Morgan fingerprint density at radius 3 is 2.93 bits per heavy atom. The SMILES string of the molecule is CC(C)Cn1cnnc1-c1cnns1. The zero-order chi connectivity index (χ0) is 9.97. The van der Waals surface area contributed by atoms with Crippen LogP contribution < -0.4 is 0 Å². The first-order valence-electron chi connectivity index (χ1n) is 4.43. The van der Waals surface area contributed by atoms with Crippen molar-refractivity contribution >= 4 is 11.5 Å². The smallest absolute Gasteiger partial charge is 0.177 e. The summed E-state index contributed by atoms with van der Waals surface area (Å²) in [4.78, 5) is 0.961. The van der Waals surface area contributed by atoms with Gasteiger partial charge < -0.3 is 4.57 Å². The van der Waals surface area contributed by atoms with Crippen LogP contribution in [-0.4, -0.2) is 24.4 Å². The molecule has 0 bridgehead atoms. The van der Waals surface area contributed by atoms with Crippen molar-refractivity contribution in [2.75, 3.05) is 0 Å². The number of aromatic nitrogens is 5. The van der Waals surface area contributed by atoms with Gasteiger partial charge >= 0.3 is 0 Å². The van der Waals surface area contributed by atoms with E-state index >= 15 is 0 Å². The summed E-state index contributed by atoms with van der Waals surface area (Å²) >= 11 is 1.34. The molecule has 0 aromatic carbocycles. The molecule has 0 spiro atoms. The first kappa shape index (κ1) is 9.26.